The van der Waals surface area contributed by atoms with E-state index in [1.54, 1.807) is 22.9 Å². The second-order valence-electron chi connectivity index (χ2n) is 13.7. The molecule has 8 heteroatoms. The summed E-state index contributed by atoms with van der Waals surface area (Å²) in [5.41, 5.74) is 5.54. The van der Waals surface area contributed by atoms with Crippen molar-refractivity contribution < 1.29 is 23.5 Å². The van der Waals surface area contributed by atoms with Crippen LogP contribution in [0.15, 0.2) is 84.9 Å². The summed E-state index contributed by atoms with van der Waals surface area (Å²) in [5, 5.41) is 12.2. The van der Waals surface area contributed by atoms with Crippen LogP contribution in [0.25, 0.3) is 10.8 Å². The highest BCUT2D eigenvalue weighted by Gasteiger charge is 2.52. The number of carbonyl (C=O) groups excluding carboxylic acids is 2. The number of nitrogens with zero attached hydrogens (tertiary/aromatic N) is 2. The van der Waals surface area contributed by atoms with Crippen molar-refractivity contribution in [1.29, 1.82) is 0 Å². The summed E-state index contributed by atoms with van der Waals surface area (Å²) in [4.78, 5) is 30.6. The summed E-state index contributed by atoms with van der Waals surface area (Å²) < 4.78 is 22.4. The highest BCUT2D eigenvalue weighted by atomic mass is 28.4. The smallest absolute Gasteiger partial charge is 0.263 e. The van der Waals surface area contributed by atoms with Crippen LogP contribution in [0.4, 0.5) is 15.5 Å². The van der Waals surface area contributed by atoms with Gasteiger partial charge in [-0.1, -0.05) is 67.6 Å². The number of halogens is 1. The first kappa shape index (κ1) is 30.8. The summed E-state index contributed by atoms with van der Waals surface area (Å²) in [6.07, 6.45) is 1.56. The van der Waals surface area contributed by atoms with Gasteiger partial charge in [0.25, 0.3) is 5.91 Å². The highest BCUT2D eigenvalue weighted by Crippen LogP contribution is 2.47. The second kappa shape index (κ2) is 12.1. The van der Waals surface area contributed by atoms with E-state index in [0.29, 0.717) is 13.0 Å². The third-order valence-corrected chi connectivity index (χ3v) is 12.9. The standard InChI is InChI=1S/C38H41FN2O4Si/c1-24-33(19-16-25-14-17-29(18-15-25)41-32-13-7-11-26-10-6-12-31(36(26)32)38(41)44)45-34(37(24)46(2,3)39)21-35(43)40-22-28-9-5-4-8-27(28)20-30(40)23-42/h4-15,17-18,24,30,33-34,37,42H,16,19-23H2,1-3H3/t24-,30-,33+,34-,37+/m0/s1. The van der Waals surface area contributed by atoms with E-state index in [4.69, 9.17) is 4.74 Å². The van der Waals surface area contributed by atoms with E-state index in [9.17, 15) is 14.7 Å². The molecular weight excluding hydrogens is 596 g/mol. The average Bonchev–Trinajstić information content (AvgIpc) is 3.53. The van der Waals surface area contributed by atoms with Crippen LogP contribution < -0.4 is 4.90 Å². The van der Waals surface area contributed by atoms with E-state index in [2.05, 4.69) is 25.1 Å². The summed E-state index contributed by atoms with van der Waals surface area (Å²) >= 11 is 0. The molecule has 0 aliphatic carbocycles. The minimum Gasteiger partial charge on any atom is -0.394 e. The van der Waals surface area contributed by atoms with Gasteiger partial charge in [-0.25, -0.2) is 0 Å². The van der Waals surface area contributed by atoms with Gasteiger partial charge in [0.1, 0.15) is 0 Å². The van der Waals surface area contributed by atoms with Gasteiger partial charge < -0.3 is 18.9 Å². The molecule has 0 bridgehead atoms. The predicted octanol–water partition coefficient (Wildman–Crippen LogP) is 7.35. The zero-order valence-corrected chi connectivity index (χ0v) is 27.7. The number of anilines is 2. The molecule has 4 aromatic rings. The Morgan fingerprint density at radius 3 is 2.39 bits per heavy atom. The first-order valence-electron chi connectivity index (χ1n) is 16.4. The fraction of sp³-hybridized carbons (Fsp3) is 0.368. The Hall–Kier alpha value is -3.85. The van der Waals surface area contributed by atoms with E-state index < -0.39 is 14.5 Å². The van der Waals surface area contributed by atoms with Crippen LogP contribution in [-0.4, -0.2) is 55.1 Å². The van der Waals surface area contributed by atoms with Gasteiger partial charge in [-0.2, -0.15) is 0 Å². The first-order valence-corrected chi connectivity index (χ1v) is 19.4. The Balaban J connectivity index is 1.03. The number of hydrogen-bond donors (Lipinski definition) is 1. The summed E-state index contributed by atoms with van der Waals surface area (Å²) in [6.45, 7) is 5.87. The SMILES string of the molecule is C[C@@H]1[C@@H]([Si](C)(C)F)[C@H](CC(=O)N2Cc3ccccc3C[C@H]2CO)O[C@@H]1CCc1ccc(N2C(=O)c3cccc4cccc2c34)cc1. The zero-order chi connectivity index (χ0) is 32.2. The lowest BCUT2D eigenvalue weighted by molar-refractivity contribution is -0.138. The van der Waals surface area contributed by atoms with E-state index in [0.717, 1.165) is 57.2 Å². The monoisotopic (exact) mass is 636 g/mol. The molecule has 2 amide bonds. The number of hydrogen-bond acceptors (Lipinski definition) is 4. The summed E-state index contributed by atoms with van der Waals surface area (Å²) in [7, 11) is -3.16. The number of aliphatic hydroxyl groups excluding tert-OH is 1. The first-order chi connectivity index (χ1) is 22.1. The molecule has 3 aliphatic rings. The van der Waals surface area contributed by atoms with Gasteiger partial charge in [0.15, 0.2) is 0 Å². The molecule has 4 aromatic carbocycles. The van der Waals surface area contributed by atoms with Crippen molar-refractivity contribution in [3.63, 3.8) is 0 Å². The lowest BCUT2D eigenvalue weighted by Gasteiger charge is -2.37. The van der Waals surface area contributed by atoms with Gasteiger partial charge in [0, 0.05) is 23.2 Å². The van der Waals surface area contributed by atoms with E-state index in [-0.39, 0.29) is 48.4 Å². The van der Waals surface area contributed by atoms with E-state index in [1.807, 2.05) is 66.7 Å². The van der Waals surface area contributed by atoms with Crippen molar-refractivity contribution in [3.05, 3.63) is 107 Å². The van der Waals surface area contributed by atoms with Gasteiger partial charge in [-0.3, -0.25) is 14.5 Å². The number of carbonyl (C=O) groups is 2. The lowest BCUT2D eigenvalue weighted by atomic mass is 9.93. The van der Waals surface area contributed by atoms with Gasteiger partial charge in [-0.05, 0) is 84.6 Å². The van der Waals surface area contributed by atoms with Crippen LogP contribution in [0.3, 0.4) is 0 Å². The van der Waals surface area contributed by atoms with Crippen molar-refractivity contribution in [2.24, 2.45) is 5.92 Å². The van der Waals surface area contributed by atoms with Gasteiger partial charge in [-0.15, -0.1) is 0 Å². The molecule has 46 heavy (non-hydrogen) atoms. The molecule has 5 atom stereocenters. The number of fused-ring (bicyclic) bond motifs is 1. The maximum Gasteiger partial charge on any atom is 0.263 e. The van der Waals surface area contributed by atoms with Crippen LogP contribution in [0.1, 0.15) is 46.8 Å². The zero-order valence-electron chi connectivity index (χ0n) is 26.7. The molecule has 238 valence electrons. The van der Waals surface area contributed by atoms with Gasteiger partial charge in [0.05, 0.1) is 42.5 Å². The molecule has 6 nitrogen and oxygen atoms in total. The molecule has 0 spiro atoms. The third-order valence-electron chi connectivity index (χ3n) is 10.4. The Kier molecular flexibility index (Phi) is 8.07. The fourth-order valence-corrected chi connectivity index (χ4v) is 10.7. The van der Waals surface area contributed by atoms with Crippen molar-refractivity contribution in [3.8, 4) is 0 Å². The quantitative estimate of drug-likeness (QED) is 0.162. The molecule has 0 aromatic heterocycles. The topological polar surface area (TPSA) is 70.1 Å². The number of ether oxygens (including phenoxy) is 1. The Labute approximate surface area is 271 Å². The molecule has 0 radical (unpaired) electrons. The Morgan fingerprint density at radius 1 is 0.957 bits per heavy atom. The molecule has 7 rings (SSSR count). The number of aliphatic hydroxyl groups is 1. The number of benzene rings is 4. The summed E-state index contributed by atoms with van der Waals surface area (Å²) in [5.74, 6) is -0.114. The van der Waals surface area contributed by atoms with Gasteiger partial charge in [0.2, 0.25) is 14.3 Å². The van der Waals surface area contributed by atoms with Crippen molar-refractivity contribution in [2.45, 2.75) is 76.0 Å². The third kappa shape index (κ3) is 5.46. The molecule has 0 unspecified atom stereocenters. The van der Waals surface area contributed by atoms with Crippen molar-refractivity contribution in [1.82, 2.24) is 4.90 Å². The highest BCUT2D eigenvalue weighted by molar-refractivity contribution is 6.72. The van der Waals surface area contributed by atoms with E-state index >= 15 is 4.11 Å². The number of aryl methyl sites for hydroxylation is 1. The van der Waals surface area contributed by atoms with Crippen LogP contribution in [0, 0.1) is 5.92 Å². The predicted molar refractivity (Wildman–Crippen MR) is 182 cm³/mol. The Bertz CT molecular complexity index is 1780. The normalized spacial score (nSPS) is 24.1. The average molecular weight is 637 g/mol. The van der Waals surface area contributed by atoms with Gasteiger partial charge >= 0.3 is 0 Å². The van der Waals surface area contributed by atoms with Crippen LogP contribution >= 0.6 is 0 Å². The molecule has 3 heterocycles. The van der Waals surface area contributed by atoms with Crippen LogP contribution in [-0.2, 0) is 28.9 Å². The van der Waals surface area contributed by atoms with Crippen LogP contribution in [0.5, 0.6) is 0 Å². The molecule has 1 fully saturated rings. The van der Waals surface area contributed by atoms with Crippen molar-refractivity contribution in [2.75, 3.05) is 11.5 Å². The molecule has 1 saturated heterocycles. The van der Waals surface area contributed by atoms with Crippen molar-refractivity contribution >= 4 is 42.4 Å². The molecular formula is C38H41FN2O4Si. The second-order valence-corrected chi connectivity index (χ2v) is 17.5. The fourth-order valence-electron chi connectivity index (χ4n) is 8.20. The Morgan fingerprint density at radius 2 is 1.67 bits per heavy atom. The van der Waals surface area contributed by atoms with Crippen LogP contribution in [0.2, 0.25) is 18.6 Å². The largest absolute Gasteiger partial charge is 0.394 e. The maximum atomic E-state index is 15.8. The summed E-state index contributed by atoms with van der Waals surface area (Å²) in [6, 6.07) is 27.7. The molecule has 3 aliphatic heterocycles. The maximum absolute atomic E-state index is 15.8. The number of rotatable bonds is 8. The minimum absolute atomic E-state index is 0.0133. The molecule has 0 saturated carbocycles. The minimum atomic E-state index is -3.16. The lowest BCUT2D eigenvalue weighted by Crippen LogP contribution is -2.48. The molecule has 1 N–H and O–H groups in total. The van der Waals surface area contributed by atoms with E-state index in [1.165, 1.54) is 0 Å². The number of amides is 2.